The fourth-order valence-corrected chi connectivity index (χ4v) is 3.81. The molecule has 6 N–H and O–H groups in total. The molecule has 188 valence electrons. The number of phenols is 2. The molecule has 0 amide bonds. The second kappa shape index (κ2) is 9.60. The molecular formula is C23H24O12. The van der Waals surface area contributed by atoms with Crippen molar-refractivity contribution in [1.29, 1.82) is 0 Å². The molecule has 0 saturated carbocycles. The molecule has 0 bridgehead atoms. The van der Waals surface area contributed by atoms with Gasteiger partial charge in [-0.3, -0.25) is 4.79 Å². The van der Waals surface area contributed by atoms with Gasteiger partial charge in [-0.05, 0) is 18.2 Å². The Morgan fingerprint density at radius 1 is 0.914 bits per heavy atom. The Balaban J connectivity index is 1.82. The van der Waals surface area contributed by atoms with Crippen LogP contribution < -0.4 is 19.6 Å². The van der Waals surface area contributed by atoms with E-state index in [2.05, 4.69) is 0 Å². The molecule has 0 spiro atoms. The molecular weight excluding hydrogens is 468 g/mol. The molecule has 0 unspecified atom stereocenters. The van der Waals surface area contributed by atoms with Crippen molar-refractivity contribution in [2.45, 2.75) is 30.7 Å². The third kappa shape index (κ3) is 4.33. The first-order valence-corrected chi connectivity index (χ1v) is 10.4. The molecule has 1 aromatic heterocycles. The maximum absolute atomic E-state index is 12.8. The van der Waals surface area contributed by atoms with Gasteiger partial charge in [-0.2, -0.15) is 0 Å². The van der Waals surface area contributed by atoms with E-state index in [0.29, 0.717) is 5.56 Å². The number of aliphatic hydroxyl groups excluding tert-OH is 4. The highest BCUT2D eigenvalue weighted by Gasteiger charge is 2.45. The van der Waals surface area contributed by atoms with E-state index in [1.807, 2.05) is 0 Å². The second-order valence-corrected chi connectivity index (χ2v) is 7.81. The van der Waals surface area contributed by atoms with E-state index in [9.17, 15) is 35.4 Å². The van der Waals surface area contributed by atoms with Crippen LogP contribution in [0, 0.1) is 0 Å². The van der Waals surface area contributed by atoms with Crippen LogP contribution >= 0.6 is 0 Å². The lowest BCUT2D eigenvalue weighted by atomic mass is 9.99. The molecule has 1 aliphatic rings. The van der Waals surface area contributed by atoms with Crippen molar-refractivity contribution in [3.8, 4) is 40.1 Å². The zero-order valence-corrected chi connectivity index (χ0v) is 18.6. The van der Waals surface area contributed by atoms with E-state index in [0.717, 1.165) is 12.1 Å². The molecule has 2 heterocycles. The van der Waals surface area contributed by atoms with Crippen LogP contribution in [-0.2, 0) is 4.74 Å². The normalized spacial score (nSPS) is 24.3. The van der Waals surface area contributed by atoms with Crippen LogP contribution in [0.4, 0.5) is 0 Å². The van der Waals surface area contributed by atoms with Crippen molar-refractivity contribution < 1.29 is 54.0 Å². The highest BCUT2D eigenvalue weighted by molar-refractivity contribution is 5.91. The van der Waals surface area contributed by atoms with Crippen molar-refractivity contribution in [1.82, 2.24) is 0 Å². The van der Waals surface area contributed by atoms with Crippen molar-refractivity contribution >= 4 is 11.0 Å². The van der Waals surface area contributed by atoms with Crippen molar-refractivity contribution in [2.24, 2.45) is 0 Å². The number of aromatic hydroxyl groups is 2. The number of ether oxygens (including phenoxy) is 4. The molecule has 12 nitrogen and oxygen atoms in total. The van der Waals surface area contributed by atoms with Gasteiger partial charge in [-0.1, -0.05) is 0 Å². The van der Waals surface area contributed by atoms with Crippen molar-refractivity contribution in [3.63, 3.8) is 0 Å². The molecule has 1 aliphatic heterocycles. The van der Waals surface area contributed by atoms with E-state index in [1.54, 1.807) is 0 Å². The van der Waals surface area contributed by atoms with E-state index in [4.69, 9.17) is 23.4 Å². The first-order valence-electron chi connectivity index (χ1n) is 10.4. The predicted molar refractivity (Wildman–Crippen MR) is 119 cm³/mol. The summed E-state index contributed by atoms with van der Waals surface area (Å²) in [6, 6.07) is 6.47. The van der Waals surface area contributed by atoms with Crippen LogP contribution in [0.2, 0.25) is 0 Å². The standard InChI is InChI=1S/C23H24O12/c1-31-14-5-9(3-4-10(14)25)13-6-11(26)17-12(27)7-15(21(32-2)22(17)33-13)34-23-20(30)19(29)18(28)16(8-24)35-23/h3-7,16,18-20,23-25,27-30H,8H2,1-2H3/t16-,18-,19-,20-,23-/m0/s1. The smallest absolute Gasteiger partial charge is 0.229 e. The Kier molecular flexibility index (Phi) is 6.74. The lowest BCUT2D eigenvalue weighted by molar-refractivity contribution is -0.277. The third-order valence-electron chi connectivity index (χ3n) is 5.66. The molecule has 1 fully saturated rings. The van der Waals surface area contributed by atoms with Crippen LogP contribution in [0.1, 0.15) is 0 Å². The third-order valence-corrected chi connectivity index (χ3v) is 5.66. The van der Waals surface area contributed by atoms with Crippen molar-refractivity contribution in [2.75, 3.05) is 20.8 Å². The molecule has 5 atom stereocenters. The van der Waals surface area contributed by atoms with Gasteiger partial charge in [-0.25, -0.2) is 0 Å². The quantitative estimate of drug-likeness (QED) is 0.272. The lowest BCUT2D eigenvalue weighted by Crippen LogP contribution is -2.60. The number of fused-ring (bicyclic) bond motifs is 1. The van der Waals surface area contributed by atoms with Gasteiger partial charge in [0.25, 0.3) is 0 Å². The minimum Gasteiger partial charge on any atom is -0.507 e. The van der Waals surface area contributed by atoms with Gasteiger partial charge < -0.3 is 54.0 Å². The summed E-state index contributed by atoms with van der Waals surface area (Å²) in [4.78, 5) is 12.8. The van der Waals surface area contributed by atoms with Crippen LogP contribution in [0.25, 0.3) is 22.3 Å². The summed E-state index contributed by atoms with van der Waals surface area (Å²) in [5.74, 6) is -0.804. The summed E-state index contributed by atoms with van der Waals surface area (Å²) in [5.41, 5.74) is -0.425. The monoisotopic (exact) mass is 492 g/mol. The Hall–Kier alpha value is -3.55. The van der Waals surface area contributed by atoms with Crippen molar-refractivity contribution in [3.05, 3.63) is 40.6 Å². The average Bonchev–Trinajstić information content (AvgIpc) is 2.84. The van der Waals surface area contributed by atoms with E-state index in [-0.39, 0.29) is 39.7 Å². The molecule has 3 aromatic rings. The summed E-state index contributed by atoms with van der Waals surface area (Å²) in [6.07, 6.45) is -7.82. The van der Waals surface area contributed by atoms with E-state index in [1.165, 1.54) is 32.4 Å². The molecule has 2 aromatic carbocycles. The van der Waals surface area contributed by atoms with Gasteiger partial charge in [0, 0.05) is 17.7 Å². The number of rotatable bonds is 6. The number of phenolic OH excluding ortho intramolecular Hbond substituents is 2. The summed E-state index contributed by atoms with van der Waals surface area (Å²) in [7, 11) is 2.61. The SMILES string of the molecule is COc1cc(-c2cc(=O)c3c(O)cc(O[C@H]4O[C@@H](CO)[C@H](O)[C@H](O)[C@@H]4O)c(OC)c3o2)ccc1O. The highest BCUT2D eigenvalue weighted by atomic mass is 16.7. The predicted octanol–water partition coefficient (Wildman–Crippen LogP) is 0.0671. The van der Waals surface area contributed by atoms with Crippen LogP contribution in [-0.4, -0.2) is 82.2 Å². The summed E-state index contributed by atoms with van der Waals surface area (Å²) in [6.45, 7) is -0.667. The minimum atomic E-state index is -1.72. The lowest BCUT2D eigenvalue weighted by Gasteiger charge is -2.39. The van der Waals surface area contributed by atoms with Gasteiger partial charge in [0.05, 0.1) is 20.8 Å². The molecule has 0 radical (unpaired) electrons. The zero-order chi connectivity index (χ0) is 25.4. The number of hydrogen-bond donors (Lipinski definition) is 6. The van der Waals surface area contributed by atoms with Crippen LogP contribution in [0.15, 0.2) is 39.5 Å². The van der Waals surface area contributed by atoms with Crippen LogP contribution in [0.3, 0.4) is 0 Å². The molecule has 35 heavy (non-hydrogen) atoms. The Morgan fingerprint density at radius 3 is 2.31 bits per heavy atom. The molecule has 0 aliphatic carbocycles. The first kappa shape index (κ1) is 24.6. The Morgan fingerprint density at radius 2 is 1.66 bits per heavy atom. The van der Waals surface area contributed by atoms with Gasteiger partial charge in [0.15, 0.2) is 28.3 Å². The number of hydrogen-bond acceptors (Lipinski definition) is 12. The van der Waals surface area contributed by atoms with Gasteiger partial charge in [0.2, 0.25) is 12.0 Å². The van der Waals surface area contributed by atoms with E-state index < -0.39 is 48.5 Å². The molecule has 1 saturated heterocycles. The summed E-state index contributed by atoms with van der Waals surface area (Å²) < 4.78 is 27.3. The van der Waals surface area contributed by atoms with E-state index >= 15 is 0 Å². The summed E-state index contributed by atoms with van der Waals surface area (Å²) in [5, 5.41) is 59.8. The number of benzene rings is 2. The zero-order valence-electron chi connectivity index (χ0n) is 18.6. The summed E-state index contributed by atoms with van der Waals surface area (Å²) >= 11 is 0. The Labute approximate surface area is 197 Å². The fraction of sp³-hybridized carbons (Fsp3) is 0.348. The fourth-order valence-electron chi connectivity index (χ4n) is 3.81. The highest BCUT2D eigenvalue weighted by Crippen LogP contribution is 2.42. The minimum absolute atomic E-state index is 0.0588. The molecule has 4 rings (SSSR count). The van der Waals surface area contributed by atoms with Gasteiger partial charge in [0.1, 0.15) is 41.3 Å². The first-order chi connectivity index (χ1) is 16.7. The van der Waals surface area contributed by atoms with Gasteiger partial charge in [-0.15, -0.1) is 0 Å². The Bertz CT molecular complexity index is 1280. The van der Waals surface area contributed by atoms with Crippen LogP contribution in [0.5, 0.6) is 28.7 Å². The average molecular weight is 492 g/mol. The second-order valence-electron chi connectivity index (χ2n) is 7.81. The number of aliphatic hydroxyl groups is 4. The topological polar surface area (TPSA) is 189 Å². The molecule has 12 heteroatoms. The maximum atomic E-state index is 12.8. The largest absolute Gasteiger partial charge is 0.507 e. The maximum Gasteiger partial charge on any atom is 0.229 e. The van der Waals surface area contributed by atoms with Gasteiger partial charge >= 0.3 is 0 Å². The number of methoxy groups -OCH3 is 2.